The van der Waals surface area contributed by atoms with Crippen LogP contribution in [-0.2, 0) is 4.79 Å². The molecule has 0 atom stereocenters. The zero-order chi connectivity index (χ0) is 13.0. The van der Waals surface area contributed by atoms with E-state index in [0.717, 1.165) is 17.7 Å². The highest BCUT2D eigenvalue weighted by molar-refractivity contribution is 8.00. The Hall–Kier alpha value is -1.20. The van der Waals surface area contributed by atoms with Gasteiger partial charge in [0.05, 0.1) is 10.8 Å². The Morgan fingerprint density at radius 3 is 2.72 bits per heavy atom. The number of nitrogens with one attached hydrogen (secondary N) is 2. The molecule has 1 aliphatic rings. The topological polar surface area (TPSA) is 58.2 Å². The van der Waals surface area contributed by atoms with Crippen molar-refractivity contribution in [3.8, 4) is 0 Å². The molecule has 0 spiro atoms. The number of thioether (sulfide) groups is 1. The van der Waals surface area contributed by atoms with E-state index in [1.165, 1.54) is 11.8 Å². The molecule has 1 aromatic carbocycles. The summed E-state index contributed by atoms with van der Waals surface area (Å²) in [5, 5.41) is 5.59. The number of imide groups is 1. The van der Waals surface area contributed by atoms with Crippen LogP contribution < -0.4 is 10.6 Å². The SMILES string of the molecule is O=C(CSc1ccccc1Cl)NC(=O)NC1CC1. The van der Waals surface area contributed by atoms with Crippen molar-refractivity contribution in [2.45, 2.75) is 23.8 Å². The van der Waals surface area contributed by atoms with E-state index in [9.17, 15) is 9.59 Å². The first-order valence-electron chi connectivity index (χ1n) is 5.63. The lowest BCUT2D eigenvalue weighted by atomic mass is 10.4. The lowest BCUT2D eigenvalue weighted by Gasteiger charge is -2.06. The molecule has 96 valence electrons. The molecule has 6 heteroatoms. The lowest BCUT2D eigenvalue weighted by molar-refractivity contribution is -0.117. The van der Waals surface area contributed by atoms with Crippen molar-refractivity contribution in [3.63, 3.8) is 0 Å². The van der Waals surface area contributed by atoms with Crippen LogP contribution >= 0.6 is 23.4 Å². The molecule has 0 unspecified atom stereocenters. The summed E-state index contributed by atoms with van der Waals surface area (Å²) in [6.07, 6.45) is 1.99. The Morgan fingerprint density at radius 2 is 2.06 bits per heavy atom. The minimum absolute atomic E-state index is 0.168. The number of amides is 3. The average Bonchev–Trinajstić information content (AvgIpc) is 3.11. The van der Waals surface area contributed by atoms with Gasteiger partial charge in [-0.15, -0.1) is 11.8 Å². The number of hydrogen-bond donors (Lipinski definition) is 2. The number of carbonyl (C=O) groups is 2. The van der Waals surface area contributed by atoms with Gasteiger partial charge in [-0.05, 0) is 25.0 Å². The smallest absolute Gasteiger partial charge is 0.321 e. The zero-order valence-electron chi connectivity index (χ0n) is 9.61. The molecule has 1 saturated carbocycles. The summed E-state index contributed by atoms with van der Waals surface area (Å²) < 4.78 is 0. The second-order valence-electron chi connectivity index (χ2n) is 4.02. The first-order chi connectivity index (χ1) is 8.65. The molecule has 18 heavy (non-hydrogen) atoms. The van der Waals surface area contributed by atoms with Crippen molar-refractivity contribution in [1.82, 2.24) is 10.6 Å². The van der Waals surface area contributed by atoms with Gasteiger partial charge in [0, 0.05) is 10.9 Å². The van der Waals surface area contributed by atoms with Crippen molar-refractivity contribution in [3.05, 3.63) is 29.3 Å². The molecular weight excluding hydrogens is 272 g/mol. The van der Waals surface area contributed by atoms with Gasteiger partial charge in [0.2, 0.25) is 5.91 Å². The first-order valence-corrected chi connectivity index (χ1v) is 6.99. The van der Waals surface area contributed by atoms with Crippen LogP contribution in [-0.4, -0.2) is 23.7 Å². The molecule has 2 N–H and O–H groups in total. The van der Waals surface area contributed by atoms with Crippen LogP contribution in [0.4, 0.5) is 4.79 Å². The second kappa shape index (κ2) is 6.11. The highest BCUT2D eigenvalue weighted by atomic mass is 35.5. The van der Waals surface area contributed by atoms with Crippen LogP contribution in [0.3, 0.4) is 0 Å². The molecule has 2 rings (SSSR count). The Kier molecular flexibility index (Phi) is 4.49. The highest BCUT2D eigenvalue weighted by Gasteiger charge is 2.23. The summed E-state index contributed by atoms with van der Waals surface area (Å²) in [6, 6.07) is 7.12. The van der Waals surface area contributed by atoms with E-state index in [1.807, 2.05) is 18.2 Å². The van der Waals surface area contributed by atoms with E-state index < -0.39 is 6.03 Å². The molecular formula is C12H13ClN2O2S. The van der Waals surface area contributed by atoms with Gasteiger partial charge < -0.3 is 5.32 Å². The predicted octanol–water partition coefficient (Wildman–Crippen LogP) is 2.42. The van der Waals surface area contributed by atoms with E-state index in [0.29, 0.717) is 5.02 Å². The largest absolute Gasteiger partial charge is 0.335 e. The van der Waals surface area contributed by atoms with Crippen LogP contribution in [0.1, 0.15) is 12.8 Å². The van der Waals surface area contributed by atoms with Gasteiger partial charge in [-0.2, -0.15) is 0 Å². The molecule has 0 aliphatic heterocycles. The highest BCUT2D eigenvalue weighted by Crippen LogP contribution is 2.26. The van der Waals surface area contributed by atoms with E-state index in [-0.39, 0.29) is 17.7 Å². The summed E-state index contributed by atoms with van der Waals surface area (Å²) in [4.78, 5) is 23.6. The molecule has 1 aliphatic carbocycles. The van der Waals surface area contributed by atoms with Gasteiger partial charge >= 0.3 is 6.03 Å². The molecule has 1 fully saturated rings. The molecule has 0 aromatic heterocycles. The molecule has 0 heterocycles. The van der Waals surface area contributed by atoms with Gasteiger partial charge in [0.15, 0.2) is 0 Å². The number of benzene rings is 1. The number of urea groups is 1. The molecule has 3 amide bonds. The predicted molar refractivity (Wildman–Crippen MR) is 71.9 cm³/mol. The monoisotopic (exact) mass is 284 g/mol. The van der Waals surface area contributed by atoms with E-state index >= 15 is 0 Å². The van der Waals surface area contributed by atoms with E-state index in [4.69, 9.17) is 11.6 Å². The summed E-state index contributed by atoms with van der Waals surface area (Å²) in [5.41, 5.74) is 0. The van der Waals surface area contributed by atoms with E-state index in [2.05, 4.69) is 10.6 Å². The number of halogens is 1. The minimum Gasteiger partial charge on any atom is -0.335 e. The average molecular weight is 285 g/mol. The summed E-state index contributed by atoms with van der Waals surface area (Å²) in [5.74, 6) is -0.153. The van der Waals surface area contributed by atoms with Crippen molar-refractivity contribution in [1.29, 1.82) is 0 Å². The van der Waals surface area contributed by atoms with Crippen molar-refractivity contribution in [2.75, 3.05) is 5.75 Å². The van der Waals surface area contributed by atoms with Crippen LogP contribution in [0.25, 0.3) is 0 Å². The maximum atomic E-state index is 11.5. The third-order valence-corrected chi connectivity index (χ3v) is 3.88. The van der Waals surface area contributed by atoms with Crippen LogP contribution in [0.15, 0.2) is 29.2 Å². The molecule has 1 aromatic rings. The Morgan fingerprint density at radius 1 is 1.33 bits per heavy atom. The van der Waals surface area contributed by atoms with Crippen molar-refractivity contribution >= 4 is 35.3 Å². The van der Waals surface area contributed by atoms with Crippen molar-refractivity contribution in [2.24, 2.45) is 0 Å². The molecule has 0 radical (unpaired) electrons. The fraction of sp³-hybridized carbons (Fsp3) is 0.333. The quantitative estimate of drug-likeness (QED) is 0.835. The van der Waals surface area contributed by atoms with Crippen LogP contribution in [0.5, 0.6) is 0 Å². The molecule has 0 saturated heterocycles. The fourth-order valence-corrected chi connectivity index (χ4v) is 2.36. The van der Waals surface area contributed by atoms with Gasteiger partial charge in [-0.1, -0.05) is 23.7 Å². The number of carbonyl (C=O) groups excluding carboxylic acids is 2. The van der Waals surface area contributed by atoms with Crippen LogP contribution in [0, 0.1) is 0 Å². The van der Waals surface area contributed by atoms with Crippen LogP contribution in [0.2, 0.25) is 5.02 Å². The minimum atomic E-state index is -0.415. The standard InChI is InChI=1S/C12H13ClN2O2S/c13-9-3-1-2-4-10(9)18-7-11(16)15-12(17)14-8-5-6-8/h1-4,8H,5-7H2,(H2,14,15,16,17). The summed E-state index contributed by atoms with van der Waals surface area (Å²) in [6.45, 7) is 0. The zero-order valence-corrected chi connectivity index (χ0v) is 11.2. The third kappa shape index (κ3) is 4.23. The maximum absolute atomic E-state index is 11.5. The Bertz CT molecular complexity index is 463. The summed E-state index contributed by atoms with van der Waals surface area (Å²) >= 11 is 7.27. The summed E-state index contributed by atoms with van der Waals surface area (Å²) in [7, 11) is 0. The normalized spacial score (nSPS) is 14.1. The van der Waals surface area contributed by atoms with Crippen molar-refractivity contribution < 1.29 is 9.59 Å². The third-order valence-electron chi connectivity index (χ3n) is 2.36. The second-order valence-corrected chi connectivity index (χ2v) is 5.44. The van der Waals surface area contributed by atoms with E-state index in [1.54, 1.807) is 6.07 Å². The van der Waals surface area contributed by atoms with Gasteiger partial charge in [0.25, 0.3) is 0 Å². The fourth-order valence-electron chi connectivity index (χ4n) is 1.32. The molecule has 4 nitrogen and oxygen atoms in total. The number of hydrogen-bond acceptors (Lipinski definition) is 3. The first kappa shape index (κ1) is 13.2. The van der Waals surface area contributed by atoms with Gasteiger partial charge in [0.1, 0.15) is 0 Å². The Labute approximate surface area is 114 Å². The lowest BCUT2D eigenvalue weighted by Crippen LogP contribution is -2.41. The van der Waals surface area contributed by atoms with Gasteiger partial charge in [-0.3, -0.25) is 10.1 Å². The van der Waals surface area contributed by atoms with Gasteiger partial charge in [-0.25, -0.2) is 4.79 Å². The maximum Gasteiger partial charge on any atom is 0.321 e. The number of rotatable bonds is 4. The Balaban J connectivity index is 1.74. The molecule has 0 bridgehead atoms.